The van der Waals surface area contributed by atoms with Crippen LogP contribution in [-0.4, -0.2) is 17.5 Å². The average Bonchev–Trinajstić information content (AvgIpc) is 2.95. The Morgan fingerprint density at radius 1 is 1.30 bits per heavy atom. The molecule has 0 aliphatic heterocycles. The van der Waals surface area contributed by atoms with Gasteiger partial charge in [-0.05, 0) is 52.2 Å². The van der Waals surface area contributed by atoms with Crippen LogP contribution in [0.2, 0.25) is 0 Å². The van der Waals surface area contributed by atoms with E-state index in [0.29, 0.717) is 10.9 Å². The number of carbonyl (C=O) groups excluding carboxylic acids is 1. The van der Waals surface area contributed by atoms with Crippen molar-refractivity contribution in [1.82, 2.24) is 4.98 Å². The van der Waals surface area contributed by atoms with Gasteiger partial charge in [0, 0.05) is 0 Å². The standard InChI is InChI=1S/C17H15BrN2O2S/c1-2-11-7-8-14(12(18)9-11)22-10-16(21)20-17-19-13-5-3-4-6-15(13)23-17/h3-9H,2,10H2,1H3,(H,19,20,21). The van der Waals surface area contributed by atoms with Crippen LogP contribution in [0.25, 0.3) is 10.2 Å². The van der Waals surface area contributed by atoms with E-state index in [1.54, 1.807) is 0 Å². The Hall–Kier alpha value is -1.92. The van der Waals surface area contributed by atoms with Gasteiger partial charge >= 0.3 is 0 Å². The minimum atomic E-state index is -0.226. The first-order valence-corrected chi connectivity index (χ1v) is 8.83. The first-order chi connectivity index (χ1) is 11.2. The molecule has 23 heavy (non-hydrogen) atoms. The molecular weight excluding hydrogens is 376 g/mol. The maximum absolute atomic E-state index is 12.0. The number of ether oxygens (including phenoxy) is 1. The fourth-order valence-corrected chi connectivity index (χ4v) is 3.53. The Balaban J connectivity index is 1.61. The van der Waals surface area contributed by atoms with Crippen molar-refractivity contribution < 1.29 is 9.53 Å². The van der Waals surface area contributed by atoms with Crippen LogP contribution in [0.4, 0.5) is 5.13 Å². The molecule has 0 saturated heterocycles. The third kappa shape index (κ3) is 3.89. The number of halogens is 1. The summed E-state index contributed by atoms with van der Waals surface area (Å²) >= 11 is 4.91. The minimum Gasteiger partial charge on any atom is -0.483 e. The number of para-hydroxylation sites is 1. The number of nitrogens with one attached hydrogen (secondary N) is 1. The molecule has 1 N–H and O–H groups in total. The minimum absolute atomic E-state index is 0.0556. The normalized spacial score (nSPS) is 10.7. The van der Waals surface area contributed by atoms with Crippen molar-refractivity contribution >= 4 is 48.5 Å². The predicted molar refractivity (Wildman–Crippen MR) is 97.3 cm³/mol. The molecule has 0 unspecified atom stereocenters. The number of nitrogens with zero attached hydrogens (tertiary/aromatic N) is 1. The van der Waals surface area contributed by atoms with Crippen LogP contribution < -0.4 is 10.1 Å². The van der Waals surface area contributed by atoms with Gasteiger partial charge in [0.1, 0.15) is 5.75 Å². The zero-order valence-electron chi connectivity index (χ0n) is 12.5. The molecule has 0 aliphatic rings. The molecule has 0 saturated carbocycles. The van der Waals surface area contributed by atoms with Gasteiger partial charge in [-0.1, -0.05) is 36.5 Å². The SMILES string of the molecule is CCc1ccc(OCC(=O)Nc2nc3ccccc3s2)c(Br)c1. The van der Waals surface area contributed by atoms with E-state index in [2.05, 4.69) is 33.2 Å². The quantitative estimate of drug-likeness (QED) is 0.690. The van der Waals surface area contributed by atoms with E-state index in [0.717, 1.165) is 21.1 Å². The molecule has 0 bridgehead atoms. The molecule has 1 heterocycles. The molecule has 0 atom stereocenters. The van der Waals surface area contributed by atoms with Crippen LogP contribution in [0, 0.1) is 0 Å². The number of aromatic nitrogens is 1. The topological polar surface area (TPSA) is 51.2 Å². The molecule has 0 fully saturated rings. The van der Waals surface area contributed by atoms with Crippen LogP contribution in [0.15, 0.2) is 46.9 Å². The van der Waals surface area contributed by atoms with Gasteiger partial charge in [0.25, 0.3) is 5.91 Å². The first-order valence-electron chi connectivity index (χ1n) is 7.22. The fraction of sp³-hybridized carbons (Fsp3) is 0.176. The third-order valence-electron chi connectivity index (χ3n) is 3.30. The van der Waals surface area contributed by atoms with Crippen molar-refractivity contribution in [3.8, 4) is 5.75 Å². The molecule has 0 aliphatic carbocycles. The van der Waals surface area contributed by atoms with Crippen molar-refractivity contribution in [3.63, 3.8) is 0 Å². The van der Waals surface area contributed by atoms with Crippen LogP contribution in [0.3, 0.4) is 0 Å². The number of hydrogen-bond donors (Lipinski definition) is 1. The van der Waals surface area contributed by atoms with Gasteiger partial charge in [-0.3, -0.25) is 10.1 Å². The Labute approximate surface area is 146 Å². The largest absolute Gasteiger partial charge is 0.483 e. The van der Waals surface area contributed by atoms with E-state index in [1.165, 1.54) is 16.9 Å². The Bertz CT molecular complexity index is 814. The highest BCUT2D eigenvalue weighted by Crippen LogP contribution is 2.27. The van der Waals surface area contributed by atoms with Gasteiger partial charge < -0.3 is 4.74 Å². The average molecular weight is 391 g/mol. The second-order valence-electron chi connectivity index (χ2n) is 4.94. The summed E-state index contributed by atoms with van der Waals surface area (Å²) in [5.74, 6) is 0.428. The maximum Gasteiger partial charge on any atom is 0.264 e. The Morgan fingerprint density at radius 3 is 2.87 bits per heavy atom. The van der Waals surface area contributed by atoms with E-state index < -0.39 is 0 Å². The fourth-order valence-electron chi connectivity index (χ4n) is 2.11. The second-order valence-corrected chi connectivity index (χ2v) is 6.83. The van der Waals surface area contributed by atoms with E-state index >= 15 is 0 Å². The second kappa shape index (κ2) is 7.10. The van der Waals surface area contributed by atoms with E-state index in [4.69, 9.17) is 4.74 Å². The third-order valence-corrected chi connectivity index (χ3v) is 4.88. The lowest BCUT2D eigenvalue weighted by atomic mass is 10.2. The van der Waals surface area contributed by atoms with Gasteiger partial charge in [0.15, 0.2) is 11.7 Å². The van der Waals surface area contributed by atoms with Gasteiger partial charge in [-0.15, -0.1) is 0 Å². The predicted octanol–water partition coefficient (Wildman–Crippen LogP) is 4.64. The molecule has 6 heteroatoms. The van der Waals surface area contributed by atoms with Gasteiger partial charge in [0.05, 0.1) is 14.7 Å². The number of thiazole rings is 1. The highest BCUT2D eigenvalue weighted by molar-refractivity contribution is 9.10. The lowest BCUT2D eigenvalue weighted by Crippen LogP contribution is -2.20. The van der Waals surface area contributed by atoms with Crippen molar-refractivity contribution in [2.75, 3.05) is 11.9 Å². The summed E-state index contributed by atoms with van der Waals surface area (Å²) in [7, 11) is 0. The van der Waals surface area contributed by atoms with Gasteiger partial charge in [0.2, 0.25) is 0 Å². The highest BCUT2D eigenvalue weighted by Gasteiger charge is 2.09. The number of carbonyl (C=O) groups is 1. The number of amides is 1. The molecule has 2 aromatic carbocycles. The lowest BCUT2D eigenvalue weighted by molar-refractivity contribution is -0.118. The van der Waals surface area contributed by atoms with Crippen molar-refractivity contribution in [2.45, 2.75) is 13.3 Å². The molecular formula is C17H15BrN2O2S. The summed E-state index contributed by atoms with van der Waals surface area (Å²) in [6.45, 7) is 2.04. The van der Waals surface area contributed by atoms with Crippen LogP contribution in [0.5, 0.6) is 5.75 Å². The number of anilines is 1. The Kier molecular flexibility index (Phi) is 4.93. The number of fused-ring (bicyclic) bond motifs is 1. The smallest absolute Gasteiger partial charge is 0.264 e. The van der Waals surface area contributed by atoms with Crippen LogP contribution >= 0.6 is 27.3 Å². The number of benzene rings is 2. The summed E-state index contributed by atoms with van der Waals surface area (Å²) in [5, 5.41) is 3.36. The summed E-state index contributed by atoms with van der Waals surface area (Å²) < 4.78 is 7.46. The first kappa shape index (κ1) is 16.0. The van der Waals surface area contributed by atoms with Crippen molar-refractivity contribution in [3.05, 3.63) is 52.5 Å². The van der Waals surface area contributed by atoms with E-state index in [9.17, 15) is 4.79 Å². The zero-order valence-corrected chi connectivity index (χ0v) is 14.9. The molecule has 118 valence electrons. The van der Waals surface area contributed by atoms with Gasteiger partial charge in [-0.25, -0.2) is 4.98 Å². The lowest BCUT2D eigenvalue weighted by Gasteiger charge is -2.08. The number of hydrogen-bond acceptors (Lipinski definition) is 4. The Morgan fingerprint density at radius 2 is 2.13 bits per heavy atom. The molecule has 0 spiro atoms. The van der Waals surface area contributed by atoms with Crippen molar-refractivity contribution in [1.29, 1.82) is 0 Å². The molecule has 4 nitrogen and oxygen atoms in total. The maximum atomic E-state index is 12.0. The molecule has 3 rings (SSSR count). The summed E-state index contributed by atoms with van der Waals surface area (Å²) in [6.07, 6.45) is 0.955. The molecule has 3 aromatic rings. The summed E-state index contributed by atoms with van der Waals surface area (Å²) in [4.78, 5) is 16.4. The van der Waals surface area contributed by atoms with Crippen LogP contribution in [-0.2, 0) is 11.2 Å². The monoisotopic (exact) mass is 390 g/mol. The van der Waals surface area contributed by atoms with Crippen LogP contribution in [0.1, 0.15) is 12.5 Å². The summed E-state index contributed by atoms with van der Waals surface area (Å²) in [6, 6.07) is 13.6. The van der Waals surface area contributed by atoms with Crippen molar-refractivity contribution in [2.24, 2.45) is 0 Å². The number of aryl methyl sites for hydroxylation is 1. The number of rotatable bonds is 5. The zero-order chi connectivity index (χ0) is 16.2. The molecule has 1 amide bonds. The van der Waals surface area contributed by atoms with E-state index in [-0.39, 0.29) is 12.5 Å². The highest BCUT2D eigenvalue weighted by atomic mass is 79.9. The van der Waals surface area contributed by atoms with E-state index in [1.807, 2.05) is 42.5 Å². The summed E-state index contributed by atoms with van der Waals surface area (Å²) in [5.41, 5.74) is 2.09. The van der Waals surface area contributed by atoms with Gasteiger partial charge in [-0.2, -0.15) is 0 Å². The molecule has 1 aromatic heterocycles. The molecule has 0 radical (unpaired) electrons.